The highest BCUT2D eigenvalue weighted by molar-refractivity contribution is 5.95. The maximum absolute atomic E-state index is 13.9. The van der Waals surface area contributed by atoms with Gasteiger partial charge in [0.05, 0.1) is 18.8 Å². The fraction of sp³-hybridized carbons (Fsp3) is 0.559. The number of ether oxygens (including phenoxy) is 1. The number of allylic oxidation sites excluding steroid dienone is 3. The summed E-state index contributed by atoms with van der Waals surface area (Å²) in [6.45, 7) is 16.0. The van der Waals surface area contributed by atoms with Crippen molar-refractivity contribution in [1.82, 2.24) is 19.5 Å². The Labute approximate surface area is 266 Å². The van der Waals surface area contributed by atoms with E-state index in [2.05, 4.69) is 30.8 Å². The number of aromatic nitrogens is 3. The minimum absolute atomic E-state index is 0.00366. The topological polar surface area (TPSA) is 129 Å². The Bertz CT molecular complexity index is 1470. The Kier molecular flexibility index (Phi) is 10.9. The van der Waals surface area contributed by atoms with Gasteiger partial charge in [0, 0.05) is 37.2 Å². The van der Waals surface area contributed by atoms with E-state index in [4.69, 9.17) is 9.72 Å². The van der Waals surface area contributed by atoms with Crippen LogP contribution in [0, 0.1) is 5.92 Å². The molecule has 4 rings (SSSR count). The van der Waals surface area contributed by atoms with Gasteiger partial charge in [-0.3, -0.25) is 14.5 Å². The van der Waals surface area contributed by atoms with Crippen molar-refractivity contribution in [3.8, 4) is 0 Å². The van der Waals surface area contributed by atoms with Crippen LogP contribution in [0.25, 0.3) is 5.65 Å². The van der Waals surface area contributed by atoms with E-state index in [-0.39, 0.29) is 42.7 Å². The van der Waals surface area contributed by atoms with Crippen LogP contribution in [0.15, 0.2) is 48.7 Å². The molecule has 2 aromatic rings. The third-order valence-electron chi connectivity index (χ3n) is 8.23. The van der Waals surface area contributed by atoms with Crippen molar-refractivity contribution in [1.29, 1.82) is 0 Å². The second-order valence-electron chi connectivity index (χ2n) is 13.2. The number of aliphatic hydroxyl groups excluding tert-OH is 1. The van der Waals surface area contributed by atoms with Gasteiger partial charge >= 0.3 is 6.09 Å². The molecule has 1 aliphatic carbocycles. The van der Waals surface area contributed by atoms with E-state index in [1.54, 1.807) is 26.6 Å². The first-order chi connectivity index (χ1) is 21.3. The average Bonchev–Trinajstić information content (AvgIpc) is 3.38. The van der Waals surface area contributed by atoms with E-state index < -0.39 is 17.7 Å². The number of hydrogen-bond donors (Lipinski definition) is 2. The van der Waals surface area contributed by atoms with Crippen molar-refractivity contribution in [2.45, 2.75) is 97.2 Å². The molecular weight excluding hydrogens is 572 g/mol. The molecule has 45 heavy (non-hydrogen) atoms. The molecule has 3 atom stereocenters. The molecule has 244 valence electrons. The van der Waals surface area contributed by atoms with Crippen molar-refractivity contribution in [3.63, 3.8) is 0 Å². The van der Waals surface area contributed by atoms with Crippen LogP contribution in [0.1, 0.15) is 85.1 Å². The zero-order valence-electron chi connectivity index (χ0n) is 27.5. The maximum Gasteiger partial charge on any atom is 0.416 e. The smallest absolute Gasteiger partial charge is 0.416 e. The molecule has 11 heteroatoms. The second kappa shape index (κ2) is 14.4. The van der Waals surface area contributed by atoms with Crippen molar-refractivity contribution >= 4 is 35.1 Å². The molecule has 0 aromatic carbocycles. The minimum Gasteiger partial charge on any atom is -0.443 e. The van der Waals surface area contributed by atoms with Crippen LogP contribution in [-0.2, 0) is 14.3 Å². The predicted octanol–water partition coefficient (Wildman–Crippen LogP) is 5.42. The van der Waals surface area contributed by atoms with Crippen molar-refractivity contribution < 1.29 is 24.2 Å². The van der Waals surface area contributed by atoms with Crippen molar-refractivity contribution in [2.75, 3.05) is 29.9 Å². The fourth-order valence-corrected chi connectivity index (χ4v) is 5.72. The number of likely N-dealkylation sites (tertiary alicyclic amines) is 1. The SMILES string of the molecule is C=CC(=O)N1CCC1C(=O)CC1C=CC=C(CN(C(=O)OC(C)(C)C)c2cc(NC(CC)CCO)nc3c(C(C)C)cnn23)C1. The first-order valence-electron chi connectivity index (χ1n) is 15.9. The molecule has 3 heterocycles. The number of rotatable bonds is 13. The number of ketones is 1. The summed E-state index contributed by atoms with van der Waals surface area (Å²) in [5.74, 6) is 0.979. The number of amides is 2. The molecule has 3 unspecified atom stereocenters. The van der Waals surface area contributed by atoms with Crippen molar-refractivity contribution in [2.24, 2.45) is 5.92 Å². The first kappa shape index (κ1) is 33.9. The number of carbonyl (C=O) groups is 3. The Morgan fingerprint density at radius 1 is 1.29 bits per heavy atom. The molecule has 11 nitrogen and oxygen atoms in total. The van der Waals surface area contributed by atoms with Crippen LogP contribution < -0.4 is 10.2 Å². The van der Waals surface area contributed by atoms with Crippen LogP contribution in [0.4, 0.5) is 16.4 Å². The molecule has 0 bridgehead atoms. The highest BCUT2D eigenvalue weighted by atomic mass is 16.6. The number of hydrogen-bond acceptors (Lipinski definition) is 8. The lowest BCUT2D eigenvalue weighted by atomic mass is 9.86. The van der Waals surface area contributed by atoms with Gasteiger partial charge in [-0.25, -0.2) is 9.78 Å². The fourth-order valence-electron chi connectivity index (χ4n) is 5.72. The Hall–Kier alpha value is -3.99. The molecule has 0 saturated carbocycles. The average molecular weight is 621 g/mol. The Morgan fingerprint density at radius 3 is 2.64 bits per heavy atom. The number of fused-ring (bicyclic) bond motifs is 1. The summed E-state index contributed by atoms with van der Waals surface area (Å²) in [5, 5.41) is 17.7. The number of Topliss-reactive ketones (excluding diaryl/α,β-unsaturated/α-hetero) is 1. The van der Waals surface area contributed by atoms with Gasteiger partial charge in [0.1, 0.15) is 17.2 Å². The monoisotopic (exact) mass is 620 g/mol. The van der Waals surface area contributed by atoms with Gasteiger partial charge in [0.25, 0.3) is 0 Å². The van der Waals surface area contributed by atoms with Crippen molar-refractivity contribution in [3.05, 3.63) is 54.3 Å². The van der Waals surface area contributed by atoms with E-state index in [9.17, 15) is 19.5 Å². The third-order valence-corrected chi connectivity index (χ3v) is 8.23. The third kappa shape index (κ3) is 8.19. The van der Waals surface area contributed by atoms with Gasteiger partial charge < -0.3 is 20.1 Å². The second-order valence-corrected chi connectivity index (χ2v) is 13.2. The lowest BCUT2D eigenvalue weighted by molar-refractivity contribution is -0.142. The van der Waals surface area contributed by atoms with E-state index in [0.29, 0.717) is 49.5 Å². The number of nitrogens with zero attached hydrogens (tertiary/aromatic N) is 5. The van der Waals surface area contributed by atoms with Crippen LogP contribution in [0.2, 0.25) is 0 Å². The summed E-state index contributed by atoms with van der Waals surface area (Å²) in [7, 11) is 0. The van der Waals surface area contributed by atoms with Gasteiger partial charge in [0.2, 0.25) is 5.91 Å². The molecule has 1 saturated heterocycles. The standard InChI is InChI=1S/C34H48N6O5/c1-8-25(14-16-41)36-29-19-30(40-32(37-29)26(20-35-40)22(3)4)39(33(44)45-34(5,6)7)21-24-12-10-11-23(17-24)18-28(42)27-13-15-38(27)31(43)9-2/h9-12,19-20,22-23,25,27,41H,2,8,13-18,21H2,1,3-7H3,(H,36,37). The molecule has 2 N–H and O–H groups in total. The molecule has 2 amide bonds. The zero-order chi connectivity index (χ0) is 32.9. The van der Waals surface area contributed by atoms with Gasteiger partial charge in [-0.15, -0.1) is 0 Å². The highest BCUT2D eigenvalue weighted by Crippen LogP contribution is 2.31. The van der Waals surface area contributed by atoms with Crippen LogP contribution >= 0.6 is 0 Å². The molecule has 0 spiro atoms. The maximum atomic E-state index is 13.9. The highest BCUT2D eigenvalue weighted by Gasteiger charge is 2.37. The number of nitrogens with one attached hydrogen (secondary N) is 1. The molecule has 1 aliphatic heterocycles. The summed E-state index contributed by atoms with van der Waals surface area (Å²) in [4.78, 5) is 47.1. The van der Waals surface area contributed by atoms with E-state index in [0.717, 1.165) is 17.6 Å². The van der Waals surface area contributed by atoms with Gasteiger partial charge in [0.15, 0.2) is 11.4 Å². The zero-order valence-corrected chi connectivity index (χ0v) is 27.5. The van der Waals surface area contributed by atoms with Crippen LogP contribution in [0.5, 0.6) is 0 Å². The lowest BCUT2D eigenvalue weighted by Gasteiger charge is -2.39. The van der Waals surface area contributed by atoms with E-state index in [1.165, 1.54) is 6.08 Å². The van der Waals surface area contributed by atoms with E-state index >= 15 is 0 Å². The molecular formula is C34H48N6O5. The Morgan fingerprint density at radius 2 is 2.04 bits per heavy atom. The quantitative estimate of drug-likeness (QED) is 0.284. The Balaban J connectivity index is 1.65. The minimum atomic E-state index is -0.739. The predicted molar refractivity (Wildman–Crippen MR) is 175 cm³/mol. The lowest BCUT2D eigenvalue weighted by Crippen LogP contribution is -2.54. The molecule has 0 radical (unpaired) electrons. The van der Waals surface area contributed by atoms with Crippen LogP contribution in [0.3, 0.4) is 0 Å². The molecule has 1 fully saturated rings. The number of anilines is 2. The largest absolute Gasteiger partial charge is 0.443 e. The first-order valence-corrected chi connectivity index (χ1v) is 15.9. The van der Waals surface area contributed by atoms with E-state index in [1.807, 2.05) is 45.9 Å². The summed E-state index contributed by atoms with van der Waals surface area (Å²) in [5.41, 5.74) is 1.80. The summed E-state index contributed by atoms with van der Waals surface area (Å²) in [6, 6.07) is 1.40. The van der Waals surface area contributed by atoms with Gasteiger partial charge in [-0.1, -0.05) is 45.6 Å². The summed E-state index contributed by atoms with van der Waals surface area (Å²) >= 11 is 0. The van der Waals surface area contributed by atoms with Gasteiger partial charge in [-0.2, -0.15) is 9.61 Å². The molecule has 2 aromatic heterocycles. The summed E-state index contributed by atoms with van der Waals surface area (Å²) < 4.78 is 7.58. The van der Waals surface area contributed by atoms with Gasteiger partial charge in [-0.05, 0) is 69.9 Å². The normalized spacial score (nSPS) is 18.8. The summed E-state index contributed by atoms with van der Waals surface area (Å²) in [6.07, 6.45) is 11.3. The van der Waals surface area contributed by atoms with Crippen LogP contribution in [-0.4, -0.2) is 79.8 Å². The molecule has 2 aliphatic rings. The number of aliphatic hydroxyl groups is 1. The number of carbonyl (C=O) groups excluding carboxylic acids is 3.